The molecular formula is C17H25ClFNO. The van der Waals surface area contributed by atoms with Crippen molar-refractivity contribution < 1.29 is 9.13 Å². The van der Waals surface area contributed by atoms with Crippen LogP contribution in [0.4, 0.5) is 4.39 Å². The van der Waals surface area contributed by atoms with Gasteiger partial charge >= 0.3 is 0 Å². The van der Waals surface area contributed by atoms with Crippen molar-refractivity contribution in [2.45, 2.75) is 52.2 Å². The van der Waals surface area contributed by atoms with E-state index in [1.807, 2.05) is 0 Å². The first-order valence-electron chi connectivity index (χ1n) is 7.52. The van der Waals surface area contributed by atoms with E-state index in [0.717, 1.165) is 19.6 Å². The van der Waals surface area contributed by atoms with Crippen LogP contribution in [0.5, 0.6) is 0 Å². The van der Waals surface area contributed by atoms with E-state index in [9.17, 15) is 4.39 Å². The number of halogens is 2. The van der Waals surface area contributed by atoms with Gasteiger partial charge in [-0.05, 0) is 64.3 Å². The molecule has 118 valence electrons. The van der Waals surface area contributed by atoms with Crippen LogP contribution in [0, 0.1) is 11.2 Å². The number of hydrogen-bond donors (Lipinski definition) is 1. The predicted molar refractivity (Wildman–Crippen MR) is 85.3 cm³/mol. The van der Waals surface area contributed by atoms with Gasteiger partial charge in [0.05, 0.1) is 6.10 Å². The minimum absolute atomic E-state index is 0.0299. The van der Waals surface area contributed by atoms with Crippen LogP contribution in [-0.2, 0) is 11.2 Å². The van der Waals surface area contributed by atoms with Gasteiger partial charge in [-0.2, -0.15) is 0 Å². The third-order valence-electron chi connectivity index (χ3n) is 4.35. The number of rotatable bonds is 4. The van der Waals surface area contributed by atoms with Gasteiger partial charge in [-0.15, -0.1) is 0 Å². The first kappa shape index (κ1) is 16.7. The van der Waals surface area contributed by atoms with Gasteiger partial charge in [-0.3, -0.25) is 0 Å². The molecule has 4 heteroatoms. The van der Waals surface area contributed by atoms with Crippen molar-refractivity contribution in [1.29, 1.82) is 0 Å². The summed E-state index contributed by atoms with van der Waals surface area (Å²) in [5.74, 6) is -0.186. The Kier molecular flexibility index (Phi) is 4.96. The molecule has 2 nitrogen and oxygen atoms in total. The maximum atomic E-state index is 14.1. The van der Waals surface area contributed by atoms with Crippen molar-refractivity contribution in [3.63, 3.8) is 0 Å². The zero-order valence-corrected chi connectivity index (χ0v) is 14.1. The molecule has 2 rings (SSSR count). The van der Waals surface area contributed by atoms with E-state index in [2.05, 4.69) is 33.0 Å². The van der Waals surface area contributed by atoms with Crippen LogP contribution in [0.25, 0.3) is 0 Å². The highest BCUT2D eigenvalue weighted by molar-refractivity contribution is 6.30. The van der Waals surface area contributed by atoms with Gasteiger partial charge in [-0.1, -0.05) is 11.6 Å². The molecule has 2 unspecified atom stereocenters. The number of nitrogens with one attached hydrogen (secondary N) is 1. The lowest BCUT2D eigenvalue weighted by atomic mass is 9.75. The molecule has 1 heterocycles. The first-order chi connectivity index (χ1) is 9.72. The van der Waals surface area contributed by atoms with E-state index in [1.165, 1.54) is 6.07 Å². The summed E-state index contributed by atoms with van der Waals surface area (Å²) in [6.45, 7) is 10.0. The highest BCUT2D eigenvalue weighted by Gasteiger charge is 2.42. The van der Waals surface area contributed by atoms with Crippen LogP contribution in [0.15, 0.2) is 18.2 Å². The molecule has 1 aromatic carbocycles. The lowest BCUT2D eigenvalue weighted by Crippen LogP contribution is -2.47. The molecular weight excluding hydrogens is 289 g/mol. The molecule has 0 amide bonds. The Bertz CT molecular complexity index is 500. The van der Waals surface area contributed by atoms with Gasteiger partial charge in [0, 0.05) is 29.1 Å². The third kappa shape index (κ3) is 4.18. The van der Waals surface area contributed by atoms with Gasteiger partial charge in [0.2, 0.25) is 0 Å². The van der Waals surface area contributed by atoms with Gasteiger partial charge < -0.3 is 10.1 Å². The van der Waals surface area contributed by atoms with E-state index < -0.39 is 0 Å². The SMILES string of the molecule is CC1OCCC1(CNC(C)(C)C)Cc1cc(Cl)ccc1F. The topological polar surface area (TPSA) is 21.3 Å². The van der Waals surface area contributed by atoms with Crippen LogP contribution in [0.1, 0.15) is 39.7 Å². The molecule has 1 aliphatic heterocycles. The molecule has 0 aliphatic carbocycles. The Morgan fingerprint density at radius 3 is 2.71 bits per heavy atom. The minimum Gasteiger partial charge on any atom is -0.378 e. The minimum atomic E-state index is -0.186. The fraction of sp³-hybridized carbons (Fsp3) is 0.647. The van der Waals surface area contributed by atoms with Crippen molar-refractivity contribution in [2.75, 3.05) is 13.2 Å². The molecule has 1 fully saturated rings. The van der Waals surface area contributed by atoms with Crippen molar-refractivity contribution >= 4 is 11.6 Å². The van der Waals surface area contributed by atoms with E-state index in [1.54, 1.807) is 12.1 Å². The number of hydrogen-bond acceptors (Lipinski definition) is 2. The molecule has 1 aromatic rings. The van der Waals surface area contributed by atoms with Gasteiger partial charge in [0.15, 0.2) is 0 Å². The van der Waals surface area contributed by atoms with Crippen molar-refractivity contribution in [2.24, 2.45) is 5.41 Å². The Morgan fingerprint density at radius 2 is 2.14 bits per heavy atom. The Labute approximate surface area is 132 Å². The van der Waals surface area contributed by atoms with Crippen LogP contribution in [0.3, 0.4) is 0 Å². The Hall–Kier alpha value is -0.640. The summed E-state index contributed by atoms with van der Waals surface area (Å²) in [7, 11) is 0. The Balaban J connectivity index is 2.22. The summed E-state index contributed by atoms with van der Waals surface area (Å²) in [5, 5.41) is 4.13. The van der Waals surface area contributed by atoms with Crippen molar-refractivity contribution in [3.8, 4) is 0 Å². The zero-order chi connectivity index (χ0) is 15.7. The van der Waals surface area contributed by atoms with Crippen molar-refractivity contribution in [3.05, 3.63) is 34.6 Å². The maximum Gasteiger partial charge on any atom is 0.126 e. The number of ether oxygens (including phenoxy) is 1. The average Bonchev–Trinajstić information content (AvgIpc) is 2.73. The summed E-state index contributed by atoms with van der Waals surface area (Å²) in [4.78, 5) is 0. The number of benzene rings is 1. The van der Waals surface area contributed by atoms with Gasteiger partial charge in [0.1, 0.15) is 5.82 Å². The fourth-order valence-corrected chi connectivity index (χ4v) is 3.04. The Morgan fingerprint density at radius 1 is 1.43 bits per heavy atom. The monoisotopic (exact) mass is 313 g/mol. The summed E-state index contributed by atoms with van der Waals surface area (Å²) < 4.78 is 19.9. The van der Waals surface area contributed by atoms with Gasteiger partial charge in [-0.25, -0.2) is 4.39 Å². The summed E-state index contributed by atoms with van der Waals surface area (Å²) in [6, 6.07) is 4.78. The smallest absolute Gasteiger partial charge is 0.126 e. The quantitative estimate of drug-likeness (QED) is 0.899. The molecule has 0 aromatic heterocycles. The fourth-order valence-electron chi connectivity index (χ4n) is 2.85. The lowest BCUT2D eigenvalue weighted by molar-refractivity contribution is 0.0594. The molecule has 0 radical (unpaired) electrons. The molecule has 0 saturated carbocycles. The standard InChI is InChI=1S/C17H25ClFNO/c1-12-17(7-8-21-12,11-20-16(2,3)4)10-13-9-14(18)5-6-15(13)19/h5-6,9,12,20H,7-8,10-11H2,1-4H3. The van der Waals surface area contributed by atoms with Crippen LogP contribution in [0.2, 0.25) is 5.02 Å². The molecule has 0 spiro atoms. The van der Waals surface area contributed by atoms with Crippen molar-refractivity contribution in [1.82, 2.24) is 5.32 Å². The maximum absolute atomic E-state index is 14.1. The largest absolute Gasteiger partial charge is 0.378 e. The molecule has 1 N–H and O–H groups in total. The van der Waals surface area contributed by atoms with Crippen LogP contribution in [-0.4, -0.2) is 24.8 Å². The summed E-state index contributed by atoms with van der Waals surface area (Å²) in [5.41, 5.74) is 0.622. The second-order valence-corrected chi connectivity index (χ2v) is 7.58. The third-order valence-corrected chi connectivity index (χ3v) is 4.59. The summed E-state index contributed by atoms with van der Waals surface area (Å²) >= 11 is 6.02. The average molecular weight is 314 g/mol. The van der Waals surface area contributed by atoms with E-state index >= 15 is 0 Å². The second-order valence-electron chi connectivity index (χ2n) is 7.14. The second kappa shape index (κ2) is 6.23. The van der Waals surface area contributed by atoms with Crippen LogP contribution < -0.4 is 5.32 Å². The van der Waals surface area contributed by atoms with Crippen LogP contribution >= 0.6 is 11.6 Å². The first-order valence-corrected chi connectivity index (χ1v) is 7.90. The summed E-state index contributed by atoms with van der Waals surface area (Å²) in [6.07, 6.45) is 1.68. The normalized spacial score (nSPS) is 26.3. The highest BCUT2D eigenvalue weighted by Crippen LogP contribution is 2.39. The molecule has 21 heavy (non-hydrogen) atoms. The molecule has 2 atom stereocenters. The zero-order valence-electron chi connectivity index (χ0n) is 13.3. The van der Waals surface area contributed by atoms with E-state index in [-0.39, 0.29) is 22.9 Å². The van der Waals surface area contributed by atoms with E-state index in [0.29, 0.717) is 17.0 Å². The molecule has 1 saturated heterocycles. The lowest BCUT2D eigenvalue weighted by Gasteiger charge is -2.36. The predicted octanol–water partition coefficient (Wildman–Crippen LogP) is 4.20. The molecule has 0 bridgehead atoms. The van der Waals surface area contributed by atoms with E-state index in [4.69, 9.17) is 16.3 Å². The van der Waals surface area contributed by atoms with Gasteiger partial charge in [0.25, 0.3) is 0 Å². The molecule has 1 aliphatic rings. The highest BCUT2D eigenvalue weighted by atomic mass is 35.5.